The highest BCUT2D eigenvalue weighted by Gasteiger charge is 2.39. The topological polar surface area (TPSA) is 59.8 Å². The number of hydrogen-bond acceptors (Lipinski definition) is 3. The molecule has 8 heteroatoms. The van der Waals surface area contributed by atoms with Gasteiger partial charge in [-0.25, -0.2) is 9.67 Å². The van der Waals surface area contributed by atoms with Crippen molar-refractivity contribution in [1.82, 2.24) is 14.8 Å². The first kappa shape index (κ1) is 16.7. The number of para-hydroxylation sites is 1. The summed E-state index contributed by atoms with van der Waals surface area (Å²) < 4.78 is 40.8. The molecule has 0 unspecified atom stereocenters. The summed E-state index contributed by atoms with van der Waals surface area (Å²) in [6.45, 7) is 1.81. The van der Waals surface area contributed by atoms with Crippen molar-refractivity contribution in [2.75, 3.05) is 5.32 Å². The van der Waals surface area contributed by atoms with E-state index in [4.69, 9.17) is 0 Å². The number of amides is 1. The monoisotopic (exact) mass is 346 g/mol. The minimum Gasteiger partial charge on any atom is -0.306 e. The number of nitrogens with one attached hydrogen (secondary N) is 1. The number of nitrogens with zero attached hydrogens (tertiary/aromatic N) is 3. The van der Waals surface area contributed by atoms with E-state index in [1.54, 1.807) is 36.4 Å². The van der Waals surface area contributed by atoms with E-state index in [0.29, 0.717) is 5.69 Å². The highest BCUT2D eigenvalue weighted by molar-refractivity contribution is 6.04. The van der Waals surface area contributed by atoms with Crippen molar-refractivity contribution in [2.24, 2.45) is 0 Å². The molecule has 1 amide bonds. The van der Waals surface area contributed by atoms with Gasteiger partial charge in [0.05, 0.1) is 11.3 Å². The fourth-order valence-corrected chi connectivity index (χ4v) is 2.19. The molecule has 5 nitrogen and oxygen atoms in total. The van der Waals surface area contributed by atoms with Gasteiger partial charge in [0.15, 0.2) is 5.69 Å². The Morgan fingerprint density at radius 3 is 2.44 bits per heavy atom. The lowest BCUT2D eigenvalue weighted by atomic mass is 10.2. The van der Waals surface area contributed by atoms with Crippen molar-refractivity contribution < 1.29 is 18.0 Å². The smallest absolute Gasteiger partial charge is 0.306 e. The normalized spacial score (nSPS) is 11.4. The van der Waals surface area contributed by atoms with Gasteiger partial charge in [0.2, 0.25) is 0 Å². The molecule has 1 aromatic carbocycles. The maximum absolute atomic E-state index is 13.3. The average Bonchev–Trinajstić information content (AvgIpc) is 3.04. The Kier molecular flexibility index (Phi) is 4.26. The number of aryl methyl sites for hydroxylation is 1. The lowest BCUT2D eigenvalue weighted by molar-refractivity contribution is -0.141. The molecule has 0 aliphatic carbocycles. The van der Waals surface area contributed by atoms with Crippen LogP contribution in [0.25, 0.3) is 5.69 Å². The molecule has 3 aromatic rings. The number of pyridine rings is 1. The van der Waals surface area contributed by atoms with Crippen LogP contribution in [0.2, 0.25) is 0 Å². The summed E-state index contributed by atoms with van der Waals surface area (Å²) in [4.78, 5) is 16.3. The quantitative estimate of drug-likeness (QED) is 0.784. The summed E-state index contributed by atoms with van der Waals surface area (Å²) in [5, 5.41) is 5.90. The molecule has 25 heavy (non-hydrogen) atoms. The molecule has 2 aromatic heterocycles. The van der Waals surface area contributed by atoms with E-state index in [1.807, 2.05) is 6.92 Å². The van der Waals surface area contributed by atoms with Gasteiger partial charge in [0.1, 0.15) is 5.82 Å². The first-order valence-electron chi connectivity index (χ1n) is 7.31. The van der Waals surface area contributed by atoms with Crippen LogP contribution >= 0.6 is 0 Å². The van der Waals surface area contributed by atoms with Crippen molar-refractivity contribution in [2.45, 2.75) is 13.1 Å². The Labute approximate surface area is 141 Å². The molecule has 0 aliphatic heterocycles. The van der Waals surface area contributed by atoms with Crippen LogP contribution in [0.3, 0.4) is 0 Å². The molecule has 128 valence electrons. The van der Waals surface area contributed by atoms with Crippen LogP contribution in [0.15, 0.2) is 54.9 Å². The van der Waals surface area contributed by atoms with Gasteiger partial charge in [-0.2, -0.15) is 18.3 Å². The standard InChI is InChI=1S/C17H13F3N4O/c1-11-7-8-14(21-9-11)22-16(25)13-10-24(12-5-3-2-4-6-12)23-15(13)17(18,19)20/h2-10H,1H3,(H,21,22,25). The van der Waals surface area contributed by atoms with Crippen molar-refractivity contribution in [3.8, 4) is 5.69 Å². The summed E-state index contributed by atoms with van der Waals surface area (Å²) >= 11 is 0. The third-order valence-corrected chi connectivity index (χ3v) is 3.40. The van der Waals surface area contributed by atoms with E-state index in [1.165, 1.54) is 12.3 Å². The third-order valence-electron chi connectivity index (χ3n) is 3.40. The molecule has 0 saturated carbocycles. The highest BCUT2D eigenvalue weighted by Crippen LogP contribution is 2.31. The van der Waals surface area contributed by atoms with Crippen LogP contribution in [0, 0.1) is 6.92 Å². The van der Waals surface area contributed by atoms with E-state index in [9.17, 15) is 18.0 Å². The van der Waals surface area contributed by atoms with E-state index in [0.717, 1.165) is 16.4 Å². The van der Waals surface area contributed by atoms with Gasteiger partial charge in [-0.15, -0.1) is 0 Å². The fraction of sp³-hybridized carbons (Fsp3) is 0.118. The molecule has 0 aliphatic rings. The lowest BCUT2D eigenvalue weighted by Crippen LogP contribution is -2.18. The Morgan fingerprint density at radius 1 is 1.12 bits per heavy atom. The molecular weight excluding hydrogens is 333 g/mol. The molecule has 2 heterocycles. The second kappa shape index (κ2) is 6.39. The SMILES string of the molecule is Cc1ccc(NC(=O)c2cn(-c3ccccc3)nc2C(F)(F)F)nc1. The number of carbonyl (C=O) groups is 1. The molecule has 0 radical (unpaired) electrons. The Hall–Kier alpha value is -3.16. The zero-order chi connectivity index (χ0) is 18.0. The number of alkyl halides is 3. The third kappa shape index (κ3) is 3.68. The molecule has 0 atom stereocenters. The van der Waals surface area contributed by atoms with Gasteiger partial charge in [0.25, 0.3) is 5.91 Å². The highest BCUT2D eigenvalue weighted by atomic mass is 19.4. The number of hydrogen-bond donors (Lipinski definition) is 1. The predicted molar refractivity (Wildman–Crippen MR) is 85.5 cm³/mol. The van der Waals surface area contributed by atoms with E-state index < -0.39 is 23.3 Å². The Bertz CT molecular complexity index is 887. The maximum Gasteiger partial charge on any atom is 0.435 e. The number of anilines is 1. The molecule has 0 spiro atoms. The summed E-state index contributed by atoms with van der Waals surface area (Å²) in [6.07, 6.45) is -2.19. The van der Waals surface area contributed by atoms with Gasteiger partial charge in [0, 0.05) is 12.4 Å². The lowest BCUT2D eigenvalue weighted by Gasteiger charge is -2.06. The van der Waals surface area contributed by atoms with E-state index in [2.05, 4.69) is 15.4 Å². The first-order chi connectivity index (χ1) is 11.8. The largest absolute Gasteiger partial charge is 0.435 e. The molecule has 0 saturated heterocycles. The van der Waals surface area contributed by atoms with Crippen LogP contribution in [0.4, 0.5) is 19.0 Å². The summed E-state index contributed by atoms with van der Waals surface area (Å²) in [7, 11) is 0. The van der Waals surface area contributed by atoms with E-state index >= 15 is 0 Å². The summed E-state index contributed by atoms with van der Waals surface area (Å²) in [5.41, 5.74) is -0.536. The number of halogens is 3. The predicted octanol–water partition coefficient (Wildman–Crippen LogP) is 3.85. The molecule has 3 rings (SSSR count). The zero-order valence-corrected chi connectivity index (χ0v) is 13.1. The van der Waals surface area contributed by atoms with Gasteiger partial charge in [-0.1, -0.05) is 24.3 Å². The molecule has 1 N–H and O–H groups in total. The maximum atomic E-state index is 13.3. The number of carbonyl (C=O) groups excluding carboxylic acids is 1. The second-order valence-electron chi connectivity index (χ2n) is 5.34. The van der Waals surface area contributed by atoms with Crippen LogP contribution < -0.4 is 5.32 Å². The van der Waals surface area contributed by atoms with Crippen LogP contribution in [-0.2, 0) is 6.18 Å². The minimum atomic E-state index is -4.76. The van der Waals surface area contributed by atoms with Crippen LogP contribution in [0.5, 0.6) is 0 Å². The van der Waals surface area contributed by atoms with Crippen molar-refractivity contribution in [3.63, 3.8) is 0 Å². The summed E-state index contributed by atoms with van der Waals surface area (Å²) in [6, 6.07) is 11.5. The van der Waals surface area contributed by atoms with Crippen molar-refractivity contribution in [3.05, 3.63) is 71.7 Å². The molecule has 0 fully saturated rings. The van der Waals surface area contributed by atoms with Crippen molar-refractivity contribution >= 4 is 11.7 Å². The first-order valence-corrected chi connectivity index (χ1v) is 7.31. The van der Waals surface area contributed by atoms with Gasteiger partial charge >= 0.3 is 6.18 Å². The fourth-order valence-electron chi connectivity index (χ4n) is 2.19. The van der Waals surface area contributed by atoms with Crippen LogP contribution in [-0.4, -0.2) is 20.7 Å². The van der Waals surface area contributed by atoms with Gasteiger partial charge < -0.3 is 5.32 Å². The van der Waals surface area contributed by atoms with Gasteiger partial charge in [-0.3, -0.25) is 4.79 Å². The Morgan fingerprint density at radius 2 is 1.84 bits per heavy atom. The zero-order valence-electron chi connectivity index (χ0n) is 13.1. The number of rotatable bonds is 3. The minimum absolute atomic E-state index is 0.163. The second-order valence-corrected chi connectivity index (χ2v) is 5.34. The van der Waals surface area contributed by atoms with Crippen LogP contribution in [0.1, 0.15) is 21.6 Å². The van der Waals surface area contributed by atoms with E-state index in [-0.39, 0.29) is 5.82 Å². The number of aromatic nitrogens is 3. The molecular formula is C17H13F3N4O. The van der Waals surface area contributed by atoms with Crippen molar-refractivity contribution in [1.29, 1.82) is 0 Å². The number of benzene rings is 1. The Balaban J connectivity index is 1.97. The van der Waals surface area contributed by atoms with Gasteiger partial charge in [-0.05, 0) is 30.7 Å². The summed E-state index contributed by atoms with van der Waals surface area (Å²) in [5.74, 6) is -0.762. The molecule has 0 bridgehead atoms. The average molecular weight is 346 g/mol.